The van der Waals surface area contributed by atoms with E-state index in [1.807, 2.05) is 0 Å². The summed E-state index contributed by atoms with van der Waals surface area (Å²) in [6.07, 6.45) is 12.3. The Morgan fingerprint density at radius 1 is 1.10 bits per heavy atom. The Balaban J connectivity index is 1.66. The van der Waals surface area contributed by atoms with Crippen molar-refractivity contribution >= 4 is 5.69 Å². The van der Waals surface area contributed by atoms with Crippen LogP contribution in [0.3, 0.4) is 0 Å². The molecule has 0 spiro atoms. The molecule has 0 amide bonds. The van der Waals surface area contributed by atoms with Crippen molar-refractivity contribution in [3.63, 3.8) is 0 Å². The minimum atomic E-state index is 0.705. The fourth-order valence-corrected chi connectivity index (χ4v) is 4.44. The van der Waals surface area contributed by atoms with Gasteiger partial charge in [-0.05, 0) is 74.0 Å². The van der Waals surface area contributed by atoms with Crippen molar-refractivity contribution in [3.8, 4) is 0 Å². The summed E-state index contributed by atoms with van der Waals surface area (Å²) in [5.74, 6) is 1.79. The van der Waals surface area contributed by atoms with Crippen LogP contribution in [-0.2, 0) is 12.8 Å². The molecule has 1 aromatic rings. The van der Waals surface area contributed by atoms with E-state index in [0.29, 0.717) is 6.04 Å². The van der Waals surface area contributed by atoms with E-state index < -0.39 is 0 Å². The third-order valence-electron chi connectivity index (χ3n) is 5.34. The normalized spacial score (nSPS) is 25.7. The van der Waals surface area contributed by atoms with Gasteiger partial charge in [0.1, 0.15) is 0 Å². The smallest absolute Gasteiger partial charge is 0.0377 e. The van der Waals surface area contributed by atoms with Crippen molar-refractivity contribution in [2.45, 2.75) is 77.7 Å². The van der Waals surface area contributed by atoms with Crippen LogP contribution >= 0.6 is 0 Å². The molecule has 2 aliphatic carbocycles. The number of benzene rings is 1. The van der Waals surface area contributed by atoms with Crippen molar-refractivity contribution in [1.29, 1.82) is 0 Å². The van der Waals surface area contributed by atoms with Gasteiger partial charge in [-0.25, -0.2) is 0 Å². The molecular formula is C20H31N. The zero-order valence-electron chi connectivity index (χ0n) is 13.8. The monoisotopic (exact) mass is 285 g/mol. The minimum absolute atomic E-state index is 0.705. The third-order valence-corrected chi connectivity index (χ3v) is 5.34. The summed E-state index contributed by atoms with van der Waals surface area (Å²) in [7, 11) is 0. The number of nitrogens with one attached hydrogen (secondary N) is 1. The van der Waals surface area contributed by atoms with E-state index in [1.165, 1.54) is 63.5 Å². The van der Waals surface area contributed by atoms with Gasteiger partial charge in [-0.15, -0.1) is 0 Å². The van der Waals surface area contributed by atoms with Gasteiger partial charge >= 0.3 is 0 Å². The van der Waals surface area contributed by atoms with Gasteiger partial charge in [0.25, 0.3) is 0 Å². The molecule has 1 nitrogen and oxygen atoms in total. The lowest BCUT2D eigenvalue weighted by Crippen LogP contribution is -2.28. The van der Waals surface area contributed by atoms with Crippen LogP contribution < -0.4 is 5.32 Å². The van der Waals surface area contributed by atoms with E-state index in [2.05, 4.69) is 37.4 Å². The van der Waals surface area contributed by atoms with Crippen LogP contribution in [0.15, 0.2) is 18.2 Å². The largest absolute Gasteiger partial charge is 0.382 e. The minimum Gasteiger partial charge on any atom is -0.382 e. The Morgan fingerprint density at radius 2 is 1.95 bits per heavy atom. The number of rotatable bonds is 4. The number of hydrogen-bond donors (Lipinski definition) is 1. The highest BCUT2D eigenvalue weighted by molar-refractivity contribution is 5.56. The molecule has 0 aromatic heterocycles. The predicted octanol–water partition coefficient (Wildman–Crippen LogP) is 5.58. The first-order chi connectivity index (χ1) is 10.2. The summed E-state index contributed by atoms with van der Waals surface area (Å²) in [6, 6.07) is 7.61. The van der Waals surface area contributed by atoms with Crippen molar-refractivity contribution in [3.05, 3.63) is 29.3 Å². The Kier molecular flexibility index (Phi) is 4.87. The number of hydrogen-bond acceptors (Lipinski definition) is 1. The lowest BCUT2D eigenvalue weighted by Gasteiger charge is -2.32. The highest BCUT2D eigenvalue weighted by atomic mass is 14.9. The molecule has 0 saturated heterocycles. The molecule has 3 rings (SSSR count). The second kappa shape index (κ2) is 6.85. The molecule has 2 aliphatic rings. The number of aryl methyl sites for hydroxylation is 1. The molecule has 1 heteroatoms. The maximum absolute atomic E-state index is 3.91. The lowest BCUT2D eigenvalue weighted by molar-refractivity contribution is 0.289. The second-order valence-electron chi connectivity index (χ2n) is 7.65. The second-order valence-corrected chi connectivity index (χ2v) is 7.65. The lowest BCUT2D eigenvalue weighted by atomic mass is 9.81. The summed E-state index contributed by atoms with van der Waals surface area (Å²) in [5.41, 5.74) is 4.66. The average Bonchev–Trinajstić information content (AvgIpc) is 2.47. The first kappa shape index (κ1) is 14.9. The SMILES string of the molecule is CC(C)CC1CCCC(Nc2cccc3c2CCCC3)C1. The molecule has 21 heavy (non-hydrogen) atoms. The molecule has 1 N–H and O–H groups in total. The summed E-state index contributed by atoms with van der Waals surface area (Å²) < 4.78 is 0. The number of fused-ring (bicyclic) bond motifs is 1. The molecular weight excluding hydrogens is 254 g/mol. The van der Waals surface area contributed by atoms with E-state index in [1.54, 1.807) is 11.1 Å². The topological polar surface area (TPSA) is 12.0 Å². The first-order valence-corrected chi connectivity index (χ1v) is 9.09. The van der Waals surface area contributed by atoms with Crippen LogP contribution in [0.1, 0.15) is 69.9 Å². The Bertz CT molecular complexity index is 463. The zero-order chi connectivity index (χ0) is 14.7. The van der Waals surface area contributed by atoms with E-state index in [9.17, 15) is 0 Å². The molecule has 1 saturated carbocycles. The van der Waals surface area contributed by atoms with Gasteiger partial charge in [-0.1, -0.05) is 38.8 Å². The Labute approximate surface area is 130 Å². The van der Waals surface area contributed by atoms with Gasteiger partial charge in [0, 0.05) is 11.7 Å². The zero-order valence-corrected chi connectivity index (χ0v) is 13.8. The fraction of sp³-hybridized carbons (Fsp3) is 0.700. The molecule has 0 heterocycles. The van der Waals surface area contributed by atoms with E-state index >= 15 is 0 Å². The molecule has 1 fully saturated rings. The van der Waals surface area contributed by atoms with Crippen molar-refractivity contribution in [2.24, 2.45) is 11.8 Å². The first-order valence-electron chi connectivity index (χ1n) is 9.09. The highest BCUT2D eigenvalue weighted by Gasteiger charge is 2.23. The van der Waals surface area contributed by atoms with Crippen LogP contribution in [0.4, 0.5) is 5.69 Å². The van der Waals surface area contributed by atoms with Crippen LogP contribution in [0.5, 0.6) is 0 Å². The molecule has 0 radical (unpaired) electrons. The van der Waals surface area contributed by atoms with Crippen molar-refractivity contribution < 1.29 is 0 Å². The highest BCUT2D eigenvalue weighted by Crippen LogP contribution is 2.33. The molecule has 1 aromatic carbocycles. The summed E-state index contributed by atoms with van der Waals surface area (Å²) >= 11 is 0. The average molecular weight is 285 g/mol. The van der Waals surface area contributed by atoms with Gasteiger partial charge in [0.2, 0.25) is 0 Å². The Morgan fingerprint density at radius 3 is 2.81 bits per heavy atom. The summed E-state index contributed by atoms with van der Waals surface area (Å²) in [5, 5.41) is 3.91. The van der Waals surface area contributed by atoms with E-state index in [-0.39, 0.29) is 0 Å². The van der Waals surface area contributed by atoms with Gasteiger partial charge in [0.15, 0.2) is 0 Å². The van der Waals surface area contributed by atoms with Gasteiger partial charge in [0.05, 0.1) is 0 Å². The van der Waals surface area contributed by atoms with Gasteiger partial charge in [-0.2, -0.15) is 0 Å². The number of anilines is 1. The van der Waals surface area contributed by atoms with Crippen molar-refractivity contribution in [2.75, 3.05) is 5.32 Å². The third kappa shape index (κ3) is 3.81. The van der Waals surface area contributed by atoms with Gasteiger partial charge < -0.3 is 5.32 Å². The standard InChI is InChI=1S/C20H31N/c1-15(2)13-16-7-5-10-18(14-16)21-20-12-6-9-17-8-3-4-11-19(17)20/h6,9,12,15-16,18,21H,3-5,7-8,10-11,13-14H2,1-2H3. The van der Waals surface area contributed by atoms with Crippen molar-refractivity contribution in [1.82, 2.24) is 0 Å². The molecule has 0 bridgehead atoms. The molecule has 116 valence electrons. The van der Waals surface area contributed by atoms with Crippen LogP contribution in [0.2, 0.25) is 0 Å². The Hall–Kier alpha value is -0.980. The maximum atomic E-state index is 3.91. The maximum Gasteiger partial charge on any atom is 0.0377 e. The van der Waals surface area contributed by atoms with Crippen LogP contribution in [0.25, 0.3) is 0 Å². The van der Waals surface area contributed by atoms with Gasteiger partial charge in [-0.3, -0.25) is 0 Å². The molecule has 2 atom stereocenters. The summed E-state index contributed by atoms with van der Waals surface area (Å²) in [6.45, 7) is 4.73. The van der Waals surface area contributed by atoms with Crippen LogP contribution in [-0.4, -0.2) is 6.04 Å². The van der Waals surface area contributed by atoms with E-state index in [4.69, 9.17) is 0 Å². The predicted molar refractivity (Wildman–Crippen MR) is 91.9 cm³/mol. The van der Waals surface area contributed by atoms with E-state index in [0.717, 1.165) is 11.8 Å². The molecule has 2 unspecified atom stereocenters. The summed E-state index contributed by atoms with van der Waals surface area (Å²) in [4.78, 5) is 0. The van der Waals surface area contributed by atoms with Crippen LogP contribution in [0, 0.1) is 11.8 Å². The molecule has 0 aliphatic heterocycles. The quantitative estimate of drug-likeness (QED) is 0.761. The fourth-order valence-electron chi connectivity index (χ4n) is 4.44.